The van der Waals surface area contributed by atoms with Gasteiger partial charge < -0.3 is 14.4 Å². The summed E-state index contributed by atoms with van der Waals surface area (Å²) < 4.78 is 10.1. The Morgan fingerprint density at radius 3 is 2.58 bits per heavy atom. The predicted molar refractivity (Wildman–Crippen MR) is 84.7 cm³/mol. The summed E-state index contributed by atoms with van der Waals surface area (Å²) in [6.45, 7) is 1.99. The second-order valence-electron chi connectivity index (χ2n) is 5.68. The first-order valence-electron chi connectivity index (χ1n) is 7.55. The molecule has 24 heavy (non-hydrogen) atoms. The van der Waals surface area contributed by atoms with E-state index in [-0.39, 0.29) is 17.7 Å². The Bertz CT molecular complexity index is 660. The highest BCUT2D eigenvalue weighted by molar-refractivity contribution is 5.98. The molecule has 0 unspecified atom stereocenters. The van der Waals surface area contributed by atoms with E-state index in [0.29, 0.717) is 30.5 Å². The fourth-order valence-corrected chi connectivity index (χ4v) is 2.91. The van der Waals surface area contributed by atoms with Crippen molar-refractivity contribution in [2.75, 3.05) is 20.8 Å². The van der Waals surface area contributed by atoms with Gasteiger partial charge in [0, 0.05) is 37.8 Å². The molecule has 1 saturated heterocycles. The largest absolute Gasteiger partial charge is 0.467 e. The lowest BCUT2D eigenvalue weighted by Gasteiger charge is -2.37. The number of hydrogen-bond donors (Lipinski definition) is 0. The van der Waals surface area contributed by atoms with Crippen LogP contribution in [0.4, 0.5) is 5.69 Å². The second kappa shape index (κ2) is 7.39. The van der Waals surface area contributed by atoms with Crippen LogP contribution in [-0.4, -0.2) is 54.6 Å². The van der Waals surface area contributed by atoms with Gasteiger partial charge in [-0.15, -0.1) is 0 Å². The topological polar surface area (TPSA) is 99.0 Å². The fourth-order valence-electron chi connectivity index (χ4n) is 2.91. The number of aryl methyl sites for hydroxylation is 1. The lowest BCUT2D eigenvalue weighted by atomic mass is 9.97. The van der Waals surface area contributed by atoms with E-state index in [0.717, 1.165) is 0 Å². The van der Waals surface area contributed by atoms with E-state index in [1.165, 1.54) is 30.2 Å². The Morgan fingerprint density at radius 2 is 2.04 bits per heavy atom. The van der Waals surface area contributed by atoms with Crippen LogP contribution in [0.15, 0.2) is 18.2 Å². The number of nitro groups is 1. The monoisotopic (exact) mass is 336 g/mol. The van der Waals surface area contributed by atoms with Gasteiger partial charge in [0.1, 0.15) is 6.04 Å². The van der Waals surface area contributed by atoms with Gasteiger partial charge in [-0.25, -0.2) is 4.79 Å². The van der Waals surface area contributed by atoms with Crippen LogP contribution in [0.25, 0.3) is 0 Å². The number of methoxy groups -OCH3 is 2. The summed E-state index contributed by atoms with van der Waals surface area (Å²) in [5, 5.41) is 10.8. The van der Waals surface area contributed by atoms with E-state index < -0.39 is 16.9 Å². The molecule has 1 aromatic carbocycles. The predicted octanol–water partition coefficient (Wildman–Crippen LogP) is 1.70. The molecule has 1 aliphatic heterocycles. The number of hydrogen-bond acceptors (Lipinski definition) is 6. The second-order valence-corrected chi connectivity index (χ2v) is 5.68. The number of carbonyl (C=O) groups is 2. The third kappa shape index (κ3) is 3.53. The van der Waals surface area contributed by atoms with Crippen molar-refractivity contribution < 1.29 is 24.0 Å². The first kappa shape index (κ1) is 17.9. The zero-order chi connectivity index (χ0) is 17.9. The molecule has 1 amide bonds. The van der Waals surface area contributed by atoms with E-state index in [9.17, 15) is 19.7 Å². The minimum absolute atomic E-state index is 0.0772. The Kier molecular flexibility index (Phi) is 5.50. The summed E-state index contributed by atoms with van der Waals surface area (Å²) in [7, 11) is 2.84. The fraction of sp³-hybridized carbons (Fsp3) is 0.500. The number of esters is 1. The van der Waals surface area contributed by atoms with Gasteiger partial charge in [-0.05, 0) is 25.0 Å². The maximum absolute atomic E-state index is 12.8. The molecule has 2 atom stereocenters. The molecule has 130 valence electrons. The van der Waals surface area contributed by atoms with Crippen LogP contribution < -0.4 is 0 Å². The number of amides is 1. The quantitative estimate of drug-likeness (QED) is 0.471. The normalized spacial score (nSPS) is 20.5. The lowest BCUT2D eigenvalue weighted by molar-refractivity contribution is -0.384. The molecule has 1 aromatic rings. The van der Waals surface area contributed by atoms with E-state index in [1.54, 1.807) is 14.0 Å². The number of nitro benzene ring substituents is 1. The maximum atomic E-state index is 12.8. The van der Waals surface area contributed by atoms with Crippen LogP contribution in [0.1, 0.15) is 28.8 Å². The lowest BCUT2D eigenvalue weighted by Crippen LogP contribution is -2.52. The molecule has 8 nitrogen and oxygen atoms in total. The van der Waals surface area contributed by atoms with Crippen LogP contribution in [0.2, 0.25) is 0 Å². The highest BCUT2D eigenvalue weighted by Gasteiger charge is 2.37. The molecule has 2 rings (SSSR count). The number of nitrogens with zero attached hydrogens (tertiary/aromatic N) is 2. The van der Waals surface area contributed by atoms with Crippen molar-refractivity contribution in [3.63, 3.8) is 0 Å². The average molecular weight is 336 g/mol. The smallest absolute Gasteiger partial charge is 0.328 e. The zero-order valence-electron chi connectivity index (χ0n) is 13.9. The Balaban J connectivity index is 2.29. The van der Waals surface area contributed by atoms with Crippen LogP contribution in [0.3, 0.4) is 0 Å². The van der Waals surface area contributed by atoms with Gasteiger partial charge in [-0.3, -0.25) is 14.9 Å². The number of carbonyl (C=O) groups excluding carboxylic acids is 2. The van der Waals surface area contributed by atoms with Gasteiger partial charge >= 0.3 is 5.97 Å². The molecule has 1 heterocycles. The Morgan fingerprint density at radius 1 is 1.33 bits per heavy atom. The van der Waals surface area contributed by atoms with Crippen molar-refractivity contribution in [3.8, 4) is 0 Å². The van der Waals surface area contributed by atoms with Gasteiger partial charge in [-0.1, -0.05) is 0 Å². The van der Waals surface area contributed by atoms with E-state index in [4.69, 9.17) is 9.47 Å². The molecule has 0 spiro atoms. The maximum Gasteiger partial charge on any atom is 0.328 e. The van der Waals surface area contributed by atoms with Crippen molar-refractivity contribution in [2.45, 2.75) is 31.9 Å². The molecular weight excluding hydrogens is 316 g/mol. The molecule has 0 N–H and O–H groups in total. The summed E-state index contributed by atoms with van der Waals surface area (Å²) in [5.74, 6) is -0.836. The van der Waals surface area contributed by atoms with Crippen LogP contribution >= 0.6 is 0 Å². The molecule has 0 bridgehead atoms. The highest BCUT2D eigenvalue weighted by Crippen LogP contribution is 2.25. The van der Waals surface area contributed by atoms with Crippen LogP contribution in [0, 0.1) is 17.0 Å². The molecule has 0 saturated carbocycles. The zero-order valence-corrected chi connectivity index (χ0v) is 13.9. The number of piperidine rings is 1. The van der Waals surface area contributed by atoms with Crippen molar-refractivity contribution in [3.05, 3.63) is 39.4 Å². The van der Waals surface area contributed by atoms with Gasteiger partial charge in [0.2, 0.25) is 0 Å². The third-order valence-electron chi connectivity index (χ3n) is 4.27. The number of likely N-dealkylation sites (tertiary alicyclic amines) is 1. The number of benzene rings is 1. The molecule has 1 fully saturated rings. The summed E-state index contributed by atoms with van der Waals surface area (Å²) in [4.78, 5) is 36.6. The first-order valence-corrected chi connectivity index (χ1v) is 7.55. The van der Waals surface area contributed by atoms with Crippen molar-refractivity contribution in [1.82, 2.24) is 4.90 Å². The summed E-state index contributed by atoms with van der Waals surface area (Å²) in [6, 6.07) is 3.33. The molecule has 0 aromatic heterocycles. The molecular formula is C16H20N2O6. The molecule has 0 radical (unpaired) electrons. The van der Waals surface area contributed by atoms with Crippen molar-refractivity contribution >= 4 is 17.6 Å². The number of rotatable bonds is 4. The minimum Gasteiger partial charge on any atom is -0.467 e. The molecule has 1 aliphatic rings. The SMILES string of the molecule is COC(=O)[C@@H]1C[C@H](OC)CCN1C(=O)c1ccc([N+](=O)[O-])cc1C. The summed E-state index contributed by atoms with van der Waals surface area (Å²) in [6.07, 6.45) is 0.860. The van der Waals surface area contributed by atoms with Crippen LogP contribution in [0.5, 0.6) is 0 Å². The standard InChI is InChI=1S/C16H20N2O6/c1-10-8-11(18(21)22)4-5-13(10)15(19)17-7-6-12(23-2)9-14(17)16(20)24-3/h4-5,8,12,14H,6-7,9H2,1-3H3/t12-,14+/m1/s1. The van der Waals surface area contributed by atoms with Crippen molar-refractivity contribution in [1.29, 1.82) is 0 Å². The molecule has 8 heteroatoms. The van der Waals surface area contributed by atoms with E-state index >= 15 is 0 Å². The van der Waals surface area contributed by atoms with Gasteiger partial charge in [0.15, 0.2) is 0 Å². The number of non-ortho nitro benzene ring substituents is 1. The van der Waals surface area contributed by atoms with E-state index in [2.05, 4.69) is 0 Å². The first-order chi connectivity index (χ1) is 11.4. The summed E-state index contributed by atoms with van der Waals surface area (Å²) >= 11 is 0. The van der Waals surface area contributed by atoms with Gasteiger partial charge in [0.25, 0.3) is 11.6 Å². The third-order valence-corrected chi connectivity index (χ3v) is 4.27. The van der Waals surface area contributed by atoms with E-state index in [1.807, 2.05) is 0 Å². The average Bonchev–Trinajstić information content (AvgIpc) is 2.59. The van der Waals surface area contributed by atoms with Gasteiger partial charge in [0.05, 0.1) is 18.1 Å². The van der Waals surface area contributed by atoms with Crippen molar-refractivity contribution in [2.24, 2.45) is 0 Å². The molecule has 0 aliphatic carbocycles. The highest BCUT2D eigenvalue weighted by atomic mass is 16.6. The van der Waals surface area contributed by atoms with Gasteiger partial charge in [-0.2, -0.15) is 0 Å². The number of ether oxygens (including phenoxy) is 2. The minimum atomic E-state index is -0.726. The Hall–Kier alpha value is -2.48. The summed E-state index contributed by atoms with van der Waals surface area (Å²) in [5.41, 5.74) is 0.753. The Labute approximate surface area is 139 Å². The van der Waals surface area contributed by atoms with Crippen LogP contribution in [-0.2, 0) is 14.3 Å².